The Morgan fingerprint density at radius 3 is 2.47 bits per heavy atom. The maximum Gasteiger partial charge on any atom is 0.336 e. The lowest BCUT2D eigenvalue weighted by Crippen LogP contribution is -2.60. The number of ether oxygens (including phenoxy) is 1. The summed E-state index contributed by atoms with van der Waals surface area (Å²) in [5.74, 6) is -3.62. The summed E-state index contributed by atoms with van der Waals surface area (Å²) in [5.41, 5.74) is -1.60. The molecule has 162 valence electrons. The number of nitro benzene ring substituents is 1. The smallest absolute Gasteiger partial charge is 0.336 e. The molecule has 1 aliphatic heterocycles. The van der Waals surface area contributed by atoms with Crippen molar-refractivity contribution < 1.29 is 29.2 Å². The van der Waals surface area contributed by atoms with Crippen molar-refractivity contribution in [2.75, 3.05) is 13.7 Å². The van der Waals surface area contributed by atoms with Crippen molar-refractivity contribution in [3.05, 3.63) is 51.2 Å². The third kappa shape index (κ3) is 3.34. The molecule has 0 saturated carbocycles. The molecule has 0 bridgehead atoms. The molecule has 3 unspecified atom stereocenters. The fourth-order valence-corrected chi connectivity index (χ4v) is 4.78. The van der Waals surface area contributed by atoms with E-state index in [1.165, 1.54) is 24.3 Å². The van der Waals surface area contributed by atoms with Crippen molar-refractivity contribution in [3.8, 4) is 0 Å². The molecule has 0 spiro atoms. The molecule has 0 radical (unpaired) electrons. The number of methoxy groups -OCH3 is 1. The first-order valence-electron chi connectivity index (χ1n) is 9.61. The number of aliphatic carboxylic acids is 1. The van der Waals surface area contributed by atoms with Gasteiger partial charge in [0.25, 0.3) is 5.69 Å². The summed E-state index contributed by atoms with van der Waals surface area (Å²) in [5, 5.41) is 21.8. The molecule has 0 amide bonds. The number of rotatable bonds is 7. The van der Waals surface area contributed by atoms with E-state index in [9.17, 15) is 29.6 Å². The van der Waals surface area contributed by atoms with Gasteiger partial charge in [-0.3, -0.25) is 19.7 Å². The molecule has 1 aromatic rings. The van der Waals surface area contributed by atoms with Crippen LogP contribution in [0.3, 0.4) is 0 Å². The molecule has 0 aromatic heterocycles. The lowest BCUT2D eigenvalue weighted by atomic mass is 9.56. The van der Waals surface area contributed by atoms with Crippen molar-refractivity contribution in [1.29, 1.82) is 0 Å². The highest BCUT2D eigenvalue weighted by Crippen LogP contribution is 2.55. The molecule has 1 heterocycles. The fourth-order valence-electron chi connectivity index (χ4n) is 4.78. The monoisotopic (exact) mass is 418 g/mol. The minimum Gasteiger partial charge on any atom is -0.481 e. The predicted molar refractivity (Wildman–Crippen MR) is 108 cm³/mol. The number of carbonyl (C=O) groups excluding carboxylic acids is 2. The number of allylic oxidation sites excluding steroid dienone is 1. The van der Waals surface area contributed by atoms with Gasteiger partial charge in [-0.2, -0.15) is 0 Å². The normalized spacial score (nSPS) is 24.0. The summed E-state index contributed by atoms with van der Waals surface area (Å²) >= 11 is 0. The number of benzene rings is 1. The number of carbonyl (C=O) groups is 3. The third-order valence-electron chi connectivity index (χ3n) is 6.11. The minimum absolute atomic E-state index is 0.0332. The molecular formula is C21H26N2O7. The number of nitrogens with zero attached hydrogens (tertiary/aromatic N) is 2. The molecule has 3 atom stereocenters. The van der Waals surface area contributed by atoms with Gasteiger partial charge in [-0.05, 0) is 25.3 Å². The highest BCUT2D eigenvalue weighted by Gasteiger charge is 2.60. The zero-order chi connectivity index (χ0) is 22.8. The maximum absolute atomic E-state index is 12.8. The number of aldehydes is 1. The van der Waals surface area contributed by atoms with Crippen LogP contribution in [0.4, 0.5) is 5.69 Å². The number of non-ortho nitro benzene ring substituents is 1. The third-order valence-corrected chi connectivity index (χ3v) is 6.11. The second kappa shape index (κ2) is 8.64. The van der Waals surface area contributed by atoms with E-state index in [0.29, 0.717) is 12.8 Å². The molecule has 1 N–H and O–H groups in total. The van der Waals surface area contributed by atoms with Crippen LogP contribution in [0, 0.1) is 21.4 Å². The van der Waals surface area contributed by atoms with Gasteiger partial charge >= 0.3 is 11.9 Å². The van der Waals surface area contributed by atoms with Crippen LogP contribution in [0.1, 0.15) is 39.2 Å². The fraction of sp³-hybridized carbons (Fsp3) is 0.476. The quantitative estimate of drug-likeness (QED) is 0.310. The van der Waals surface area contributed by atoms with Crippen molar-refractivity contribution in [1.82, 2.24) is 4.90 Å². The molecule has 1 aliphatic rings. The van der Waals surface area contributed by atoms with Gasteiger partial charge in [0.05, 0.1) is 23.3 Å². The van der Waals surface area contributed by atoms with E-state index in [2.05, 4.69) is 0 Å². The van der Waals surface area contributed by atoms with Gasteiger partial charge in [0.15, 0.2) is 6.29 Å². The minimum atomic E-state index is -1.55. The first-order chi connectivity index (χ1) is 14.1. The summed E-state index contributed by atoms with van der Waals surface area (Å²) in [6, 6.07) is 4.83. The molecule has 0 saturated heterocycles. The standard InChI is InChI=1S/C21H26N2O7/c1-6-22-13(4)21(12(2)3,20(26)27)18(17(16(22)11-24)19(25)30-5)14-8-7-9-15(10-14)23(28)29/h7-13,18H,6H2,1-5H3,(H,26,27). The van der Waals surface area contributed by atoms with E-state index in [4.69, 9.17) is 4.74 Å². The zero-order valence-electron chi connectivity index (χ0n) is 17.6. The average Bonchev–Trinajstić information content (AvgIpc) is 2.71. The molecule has 2 rings (SSSR count). The van der Waals surface area contributed by atoms with Gasteiger partial charge in [-0.25, -0.2) is 4.79 Å². The molecule has 9 heteroatoms. The number of likely N-dealkylation sites (N-methyl/N-ethyl adjacent to an activating group) is 1. The molecule has 0 aliphatic carbocycles. The number of hydrogen-bond donors (Lipinski definition) is 1. The Balaban J connectivity index is 3.05. The zero-order valence-corrected chi connectivity index (χ0v) is 17.6. The van der Waals surface area contributed by atoms with Gasteiger partial charge < -0.3 is 14.7 Å². The Hall–Kier alpha value is -3.23. The van der Waals surface area contributed by atoms with Gasteiger partial charge in [-0.15, -0.1) is 0 Å². The van der Waals surface area contributed by atoms with E-state index in [-0.39, 0.29) is 22.5 Å². The predicted octanol–water partition coefficient (Wildman–Crippen LogP) is 2.76. The lowest BCUT2D eigenvalue weighted by Gasteiger charge is -2.53. The number of carboxylic acids is 1. The van der Waals surface area contributed by atoms with E-state index in [0.717, 1.165) is 7.11 Å². The molecule has 1 aromatic carbocycles. The van der Waals surface area contributed by atoms with Gasteiger partial charge in [-0.1, -0.05) is 26.0 Å². The average molecular weight is 418 g/mol. The van der Waals surface area contributed by atoms with Crippen LogP contribution < -0.4 is 0 Å². The van der Waals surface area contributed by atoms with Crippen molar-refractivity contribution >= 4 is 23.9 Å². The second-order valence-corrected chi connectivity index (χ2v) is 7.55. The summed E-state index contributed by atoms with van der Waals surface area (Å²) < 4.78 is 4.92. The number of carboxylic acid groups (broad SMARTS) is 1. The van der Waals surface area contributed by atoms with E-state index in [1.807, 2.05) is 0 Å². The van der Waals surface area contributed by atoms with E-state index < -0.39 is 40.2 Å². The van der Waals surface area contributed by atoms with Crippen LogP contribution in [0.15, 0.2) is 35.5 Å². The molecular weight excluding hydrogens is 392 g/mol. The molecule has 30 heavy (non-hydrogen) atoms. The van der Waals surface area contributed by atoms with Crippen LogP contribution >= 0.6 is 0 Å². The largest absolute Gasteiger partial charge is 0.481 e. The Kier molecular flexibility index (Phi) is 6.64. The van der Waals surface area contributed by atoms with Crippen molar-refractivity contribution in [2.24, 2.45) is 11.3 Å². The SMILES string of the molecule is CCN1C(C=O)=C(C(=O)OC)C(c2cccc([N+](=O)[O-])c2)C(C(=O)O)(C(C)C)C1C. The second-order valence-electron chi connectivity index (χ2n) is 7.55. The lowest BCUT2D eigenvalue weighted by molar-refractivity contribution is -0.385. The Morgan fingerprint density at radius 1 is 1.40 bits per heavy atom. The summed E-state index contributed by atoms with van der Waals surface area (Å²) in [4.78, 5) is 50.0. The van der Waals surface area contributed by atoms with Crippen molar-refractivity contribution in [3.63, 3.8) is 0 Å². The number of esters is 1. The van der Waals surface area contributed by atoms with Crippen LogP contribution in [-0.4, -0.2) is 52.9 Å². The topological polar surface area (TPSA) is 127 Å². The molecule has 9 nitrogen and oxygen atoms in total. The maximum atomic E-state index is 12.8. The summed E-state index contributed by atoms with van der Waals surface area (Å²) in [7, 11) is 1.15. The van der Waals surface area contributed by atoms with Crippen LogP contribution in [0.5, 0.6) is 0 Å². The Labute approximate surface area is 174 Å². The summed E-state index contributed by atoms with van der Waals surface area (Å²) in [6.45, 7) is 7.20. The van der Waals surface area contributed by atoms with Crippen LogP contribution in [0.2, 0.25) is 0 Å². The van der Waals surface area contributed by atoms with Gasteiger partial charge in [0.2, 0.25) is 0 Å². The Morgan fingerprint density at radius 2 is 2.03 bits per heavy atom. The number of nitro groups is 1. The van der Waals surface area contributed by atoms with E-state index in [1.54, 1.807) is 32.6 Å². The summed E-state index contributed by atoms with van der Waals surface area (Å²) in [6.07, 6.45) is 0.517. The molecule has 0 fully saturated rings. The van der Waals surface area contributed by atoms with Crippen LogP contribution in [-0.2, 0) is 19.1 Å². The highest BCUT2D eigenvalue weighted by molar-refractivity contribution is 5.99. The first kappa shape index (κ1) is 23.1. The van der Waals surface area contributed by atoms with Gasteiger partial charge in [0, 0.05) is 30.6 Å². The first-order valence-corrected chi connectivity index (χ1v) is 9.61. The Bertz CT molecular complexity index is 908. The highest BCUT2D eigenvalue weighted by atomic mass is 16.6. The van der Waals surface area contributed by atoms with Gasteiger partial charge in [0.1, 0.15) is 5.41 Å². The van der Waals surface area contributed by atoms with Crippen LogP contribution in [0.25, 0.3) is 0 Å². The van der Waals surface area contributed by atoms with E-state index >= 15 is 0 Å². The van der Waals surface area contributed by atoms with Crippen molar-refractivity contribution in [2.45, 2.75) is 39.7 Å². The number of hydrogen-bond acceptors (Lipinski definition) is 7.